The van der Waals surface area contributed by atoms with Gasteiger partial charge in [-0.3, -0.25) is 0 Å². The topological polar surface area (TPSA) is 15.3 Å². The van der Waals surface area contributed by atoms with Crippen LogP contribution in [-0.4, -0.2) is 31.6 Å². The highest BCUT2D eigenvalue weighted by molar-refractivity contribution is 5.19. The largest absolute Gasteiger partial charge is 0.308 e. The zero-order valence-electron chi connectivity index (χ0n) is 11.7. The highest BCUT2D eigenvalue weighted by Gasteiger charge is 2.19. The van der Waals surface area contributed by atoms with Gasteiger partial charge in [-0.15, -0.1) is 0 Å². The lowest BCUT2D eigenvalue weighted by atomic mass is 9.94. The molecule has 18 heavy (non-hydrogen) atoms. The molecule has 1 fully saturated rings. The minimum atomic E-state index is 0.462. The van der Waals surface area contributed by atoms with Crippen LogP contribution in [0, 0.1) is 0 Å². The van der Waals surface area contributed by atoms with Crippen LogP contribution in [0.3, 0.4) is 0 Å². The number of hydrogen-bond donors (Lipinski definition) is 1. The van der Waals surface area contributed by atoms with Gasteiger partial charge >= 0.3 is 0 Å². The summed E-state index contributed by atoms with van der Waals surface area (Å²) in [7, 11) is 4.30. The lowest BCUT2D eigenvalue weighted by molar-refractivity contribution is 0.286. The average molecular weight is 246 g/mol. The van der Waals surface area contributed by atoms with Crippen molar-refractivity contribution in [2.75, 3.05) is 20.6 Å². The maximum absolute atomic E-state index is 3.86. The smallest absolute Gasteiger partial charge is 0.0451 e. The summed E-state index contributed by atoms with van der Waals surface area (Å²) in [5, 5.41) is 3.86. The lowest BCUT2D eigenvalue weighted by Crippen LogP contribution is -2.39. The number of nitrogens with one attached hydrogen (secondary N) is 1. The summed E-state index contributed by atoms with van der Waals surface area (Å²) < 4.78 is 0. The van der Waals surface area contributed by atoms with Crippen molar-refractivity contribution in [1.82, 2.24) is 10.2 Å². The molecule has 0 aliphatic heterocycles. The average Bonchev–Trinajstić information content (AvgIpc) is 2.40. The van der Waals surface area contributed by atoms with Gasteiger partial charge < -0.3 is 10.2 Å². The summed E-state index contributed by atoms with van der Waals surface area (Å²) >= 11 is 0. The van der Waals surface area contributed by atoms with Crippen molar-refractivity contribution in [1.29, 1.82) is 0 Å². The second kappa shape index (κ2) is 6.91. The second-order valence-corrected chi connectivity index (χ2v) is 5.73. The molecule has 1 aromatic carbocycles. The van der Waals surface area contributed by atoms with Gasteiger partial charge in [-0.2, -0.15) is 0 Å². The Bertz CT molecular complexity index is 328. The fourth-order valence-corrected chi connectivity index (χ4v) is 2.86. The summed E-state index contributed by atoms with van der Waals surface area (Å²) in [6.07, 6.45) is 6.89. The number of rotatable bonds is 5. The van der Waals surface area contributed by atoms with E-state index in [1.165, 1.54) is 37.7 Å². The van der Waals surface area contributed by atoms with Gasteiger partial charge in [0.25, 0.3) is 0 Å². The molecular weight excluding hydrogens is 220 g/mol. The fraction of sp³-hybridized carbons (Fsp3) is 0.625. The molecule has 1 N–H and O–H groups in total. The first kappa shape index (κ1) is 13.6. The Hall–Kier alpha value is -0.860. The van der Waals surface area contributed by atoms with E-state index < -0.39 is 0 Å². The molecule has 2 rings (SSSR count). The third kappa shape index (κ3) is 4.11. The molecule has 0 amide bonds. The molecular formula is C16H26N2. The van der Waals surface area contributed by atoms with Gasteiger partial charge in [0.2, 0.25) is 0 Å². The molecule has 0 aromatic heterocycles. The molecule has 0 heterocycles. The highest BCUT2D eigenvalue weighted by Crippen LogP contribution is 2.22. The summed E-state index contributed by atoms with van der Waals surface area (Å²) in [5.41, 5.74) is 1.41. The van der Waals surface area contributed by atoms with Gasteiger partial charge in [0.05, 0.1) is 0 Å². The molecule has 1 aromatic rings. The Morgan fingerprint density at radius 3 is 2.39 bits per heavy atom. The molecule has 2 heteroatoms. The van der Waals surface area contributed by atoms with Crippen molar-refractivity contribution >= 4 is 0 Å². The van der Waals surface area contributed by atoms with Gasteiger partial charge in [-0.25, -0.2) is 0 Å². The first-order valence-electron chi connectivity index (χ1n) is 7.21. The quantitative estimate of drug-likeness (QED) is 0.858. The number of hydrogen-bond acceptors (Lipinski definition) is 2. The third-order valence-electron chi connectivity index (χ3n) is 3.79. The minimum absolute atomic E-state index is 0.462. The molecule has 2 nitrogen and oxygen atoms in total. The maximum atomic E-state index is 3.86. The van der Waals surface area contributed by atoms with Crippen LogP contribution in [0.1, 0.15) is 43.7 Å². The molecule has 0 spiro atoms. The van der Waals surface area contributed by atoms with Gasteiger partial charge in [0.1, 0.15) is 0 Å². The maximum Gasteiger partial charge on any atom is 0.0451 e. The minimum Gasteiger partial charge on any atom is -0.308 e. The van der Waals surface area contributed by atoms with E-state index in [0.717, 1.165) is 6.54 Å². The predicted molar refractivity (Wildman–Crippen MR) is 77.7 cm³/mol. The molecule has 1 unspecified atom stereocenters. The summed E-state index contributed by atoms with van der Waals surface area (Å²) in [5.74, 6) is 0. The van der Waals surface area contributed by atoms with Crippen LogP contribution in [0.25, 0.3) is 0 Å². The molecule has 1 aliphatic rings. The van der Waals surface area contributed by atoms with E-state index in [1.807, 2.05) is 0 Å². The lowest BCUT2D eigenvalue weighted by Gasteiger charge is -2.30. The van der Waals surface area contributed by atoms with Crippen molar-refractivity contribution in [3.05, 3.63) is 35.9 Å². The molecule has 1 saturated carbocycles. The number of nitrogens with zero attached hydrogens (tertiary/aromatic N) is 1. The zero-order chi connectivity index (χ0) is 12.8. The summed E-state index contributed by atoms with van der Waals surface area (Å²) in [4.78, 5) is 2.27. The van der Waals surface area contributed by atoms with Crippen molar-refractivity contribution < 1.29 is 0 Å². The molecule has 100 valence electrons. The van der Waals surface area contributed by atoms with E-state index in [4.69, 9.17) is 0 Å². The second-order valence-electron chi connectivity index (χ2n) is 5.73. The molecule has 1 atom stereocenters. The Morgan fingerprint density at radius 1 is 1.11 bits per heavy atom. The first-order chi connectivity index (χ1) is 8.75. The van der Waals surface area contributed by atoms with E-state index in [9.17, 15) is 0 Å². The van der Waals surface area contributed by atoms with Crippen molar-refractivity contribution in [3.8, 4) is 0 Å². The van der Waals surface area contributed by atoms with Crippen LogP contribution in [0.2, 0.25) is 0 Å². The van der Waals surface area contributed by atoms with Crippen LogP contribution >= 0.6 is 0 Å². The van der Waals surface area contributed by atoms with Crippen molar-refractivity contribution in [2.45, 2.75) is 44.2 Å². The van der Waals surface area contributed by atoms with E-state index in [2.05, 4.69) is 54.6 Å². The van der Waals surface area contributed by atoms with Crippen molar-refractivity contribution in [3.63, 3.8) is 0 Å². The summed E-state index contributed by atoms with van der Waals surface area (Å²) in [6, 6.07) is 12.0. The standard InChI is InChI=1S/C16H26N2/c1-18(2)13-16(14-9-5-3-6-10-14)17-15-11-7-4-8-12-15/h3,5-6,9-10,15-17H,4,7-8,11-13H2,1-2H3. The molecule has 0 saturated heterocycles. The van der Waals surface area contributed by atoms with Gasteiger partial charge in [-0.1, -0.05) is 49.6 Å². The van der Waals surface area contributed by atoms with E-state index in [1.54, 1.807) is 0 Å². The van der Waals surface area contributed by atoms with E-state index in [-0.39, 0.29) is 0 Å². The number of likely N-dealkylation sites (N-methyl/N-ethyl adjacent to an activating group) is 1. The normalized spacial score (nSPS) is 19.1. The first-order valence-corrected chi connectivity index (χ1v) is 7.21. The van der Waals surface area contributed by atoms with E-state index in [0.29, 0.717) is 12.1 Å². The fourth-order valence-electron chi connectivity index (χ4n) is 2.86. The van der Waals surface area contributed by atoms with Gasteiger partial charge in [0, 0.05) is 18.6 Å². The SMILES string of the molecule is CN(C)CC(NC1CCCCC1)c1ccccc1. The van der Waals surface area contributed by atoms with Crippen LogP contribution in [0.5, 0.6) is 0 Å². The Labute approximate surface area is 111 Å². The Balaban J connectivity index is 2.00. The third-order valence-corrected chi connectivity index (χ3v) is 3.79. The van der Waals surface area contributed by atoms with Crippen LogP contribution < -0.4 is 5.32 Å². The van der Waals surface area contributed by atoms with Crippen LogP contribution in [0.4, 0.5) is 0 Å². The highest BCUT2D eigenvalue weighted by atomic mass is 15.1. The van der Waals surface area contributed by atoms with E-state index >= 15 is 0 Å². The monoisotopic (exact) mass is 246 g/mol. The van der Waals surface area contributed by atoms with Crippen molar-refractivity contribution in [2.24, 2.45) is 0 Å². The zero-order valence-corrected chi connectivity index (χ0v) is 11.7. The molecule has 0 bridgehead atoms. The predicted octanol–water partition coefficient (Wildman–Crippen LogP) is 3.21. The number of benzene rings is 1. The Morgan fingerprint density at radius 2 is 1.78 bits per heavy atom. The van der Waals surface area contributed by atoms with Gasteiger partial charge in [0.15, 0.2) is 0 Å². The Kier molecular flexibility index (Phi) is 5.21. The molecule has 0 radical (unpaired) electrons. The van der Waals surface area contributed by atoms with Crippen LogP contribution in [-0.2, 0) is 0 Å². The molecule has 1 aliphatic carbocycles. The van der Waals surface area contributed by atoms with Gasteiger partial charge in [-0.05, 0) is 32.5 Å². The van der Waals surface area contributed by atoms with Crippen LogP contribution in [0.15, 0.2) is 30.3 Å². The summed E-state index contributed by atoms with van der Waals surface area (Å²) in [6.45, 7) is 1.07.